The molecule has 2 heterocycles. The van der Waals surface area contributed by atoms with E-state index < -0.39 is 0 Å². The summed E-state index contributed by atoms with van der Waals surface area (Å²) in [4.78, 5) is 13.8. The number of thiophene rings is 1. The summed E-state index contributed by atoms with van der Waals surface area (Å²) in [5, 5.41) is 14.2. The van der Waals surface area contributed by atoms with Crippen molar-refractivity contribution in [3.05, 3.63) is 27.1 Å². The fourth-order valence-corrected chi connectivity index (χ4v) is 3.26. The molecule has 0 bridgehead atoms. The maximum Gasteiger partial charge on any atom is 0.324 e. The number of nitro groups is 1. The van der Waals surface area contributed by atoms with Crippen LogP contribution in [-0.4, -0.2) is 36.0 Å². The fraction of sp³-hybridized carbons (Fsp3) is 0.692. The summed E-state index contributed by atoms with van der Waals surface area (Å²) >= 11 is 1.25. The van der Waals surface area contributed by atoms with Gasteiger partial charge in [-0.15, -0.1) is 0 Å². The molecule has 1 fully saturated rings. The molecule has 1 aliphatic rings. The first kappa shape index (κ1) is 14.4. The summed E-state index contributed by atoms with van der Waals surface area (Å²) in [6, 6.07) is 3.41. The molecule has 1 unspecified atom stereocenters. The average molecular weight is 283 g/mol. The van der Waals surface area contributed by atoms with E-state index in [0.29, 0.717) is 5.92 Å². The lowest BCUT2D eigenvalue weighted by Gasteiger charge is -2.20. The van der Waals surface area contributed by atoms with Crippen LogP contribution in [-0.2, 0) is 6.54 Å². The third-order valence-electron chi connectivity index (χ3n) is 3.39. The molecule has 0 amide bonds. The second-order valence-electron chi connectivity index (χ2n) is 5.24. The quantitative estimate of drug-likeness (QED) is 0.617. The van der Waals surface area contributed by atoms with Gasteiger partial charge in [-0.2, -0.15) is 0 Å². The number of hydrogen-bond donors (Lipinski definition) is 1. The molecule has 0 aliphatic carbocycles. The minimum Gasteiger partial charge on any atom is -0.312 e. The molecule has 1 N–H and O–H groups in total. The van der Waals surface area contributed by atoms with Gasteiger partial charge in [-0.05, 0) is 44.5 Å². The zero-order valence-corrected chi connectivity index (χ0v) is 12.1. The third kappa shape index (κ3) is 4.56. The van der Waals surface area contributed by atoms with Crippen LogP contribution in [0.2, 0.25) is 0 Å². The van der Waals surface area contributed by atoms with Crippen LogP contribution < -0.4 is 5.32 Å². The summed E-state index contributed by atoms with van der Waals surface area (Å²) < 4.78 is 0. The van der Waals surface area contributed by atoms with Crippen LogP contribution in [0.15, 0.2) is 12.1 Å². The maximum atomic E-state index is 10.6. The second kappa shape index (κ2) is 6.98. The molecule has 6 heteroatoms. The van der Waals surface area contributed by atoms with Crippen molar-refractivity contribution < 1.29 is 4.92 Å². The Bertz CT molecular complexity index is 416. The van der Waals surface area contributed by atoms with Crippen LogP contribution in [0.1, 0.15) is 24.6 Å². The van der Waals surface area contributed by atoms with E-state index >= 15 is 0 Å². The van der Waals surface area contributed by atoms with Gasteiger partial charge in [0.25, 0.3) is 0 Å². The van der Waals surface area contributed by atoms with E-state index in [1.54, 1.807) is 6.07 Å². The van der Waals surface area contributed by atoms with Crippen LogP contribution in [0.3, 0.4) is 0 Å². The van der Waals surface area contributed by atoms with Crippen LogP contribution in [0.4, 0.5) is 5.00 Å². The number of rotatable bonds is 7. The van der Waals surface area contributed by atoms with Crippen molar-refractivity contribution in [1.82, 2.24) is 10.2 Å². The van der Waals surface area contributed by atoms with Gasteiger partial charge in [-0.25, -0.2) is 0 Å². The number of hydrogen-bond acceptors (Lipinski definition) is 5. The van der Waals surface area contributed by atoms with E-state index in [1.807, 2.05) is 6.07 Å². The highest BCUT2D eigenvalue weighted by atomic mass is 32.1. The molecule has 1 atom stereocenters. The van der Waals surface area contributed by atoms with Crippen LogP contribution >= 0.6 is 11.3 Å². The van der Waals surface area contributed by atoms with E-state index in [2.05, 4.69) is 17.1 Å². The highest BCUT2D eigenvalue weighted by Crippen LogP contribution is 2.23. The molecule has 0 spiro atoms. The first-order valence-corrected chi connectivity index (χ1v) is 7.63. The van der Waals surface area contributed by atoms with Gasteiger partial charge in [0.1, 0.15) is 0 Å². The van der Waals surface area contributed by atoms with Crippen molar-refractivity contribution >= 4 is 16.3 Å². The first-order chi connectivity index (χ1) is 9.15. The molecule has 106 valence electrons. The monoisotopic (exact) mass is 283 g/mol. The van der Waals surface area contributed by atoms with Gasteiger partial charge in [0.2, 0.25) is 0 Å². The standard InChI is InChI=1S/C13H21N3O2S/c1-11(10-15-6-2-3-7-15)8-14-9-12-4-5-13(19-12)16(17)18/h4-5,11,14H,2-3,6-10H2,1H3. The zero-order valence-electron chi connectivity index (χ0n) is 11.3. The molecule has 0 aromatic carbocycles. The van der Waals surface area contributed by atoms with Crippen LogP contribution in [0.5, 0.6) is 0 Å². The molecule has 1 aromatic heterocycles. The smallest absolute Gasteiger partial charge is 0.312 e. The van der Waals surface area contributed by atoms with E-state index in [-0.39, 0.29) is 9.92 Å². The summed E-state index contributed by atoms with van der Waals surface area (Å²) in [5.41, 5.74) is 0. The van der Waals surface area contributed by atoms with Crippen molar-refractivity contribution in [2.45, 2.75) is 26.3 Å². The third-order valence-corrected chi connectivity index (χ3v) is 4.42. The van der Waals surface area contributed by atoms with Crippen molar-refractivity contribution in [2.75, 3.05) is 26.2 Å². The van der Waals surface area contributed by atoms with Crippen molar-refractivity contribution in [3.63, 3.8) is 0 Å². The minimum absolute atomic E-state index is 0.224. The fourth-order valence-electron chi connectivity index (χ4n) is 2.47. The SMILES string of the molecule is CC(CNCc1ccc([N+](=O)[O-])s1)CN1CCCC1. The molecule has 2 rings (SSSR count). The maximum absolute atomic E-state index is 10.6. The average Bonchev–Trinajstić information content (AvgIpc) is 3.00. The molecule has 5 nitrogen and oxygen atoms in total. The van der Waals surface area contributed by atoms with Crippen molar-refractivity contribution in [2.24, 2.45) is 5.92 Å². The Kier molecular flexibility index (Phi) is 5.30. The molecule has 0 saturated carbocycles. The number of nitrogens with one attached hydrogen (secondary N) is 1. The van der Waals surface area contributed by atoms with Crippen LogP contribution in [0, 0.1) is 16.0 Å². The molecule has 1 saturated heterocycles. The van der Waals surface area contributed by atoms with Gasteiger partial charge >= 0.3 is 5.00 Å². The Labute approximate surface area is 117 Å². The van der Waals surface area contributed by atoms with Gasteiger partial charge in [0.05, 0.1) is 4.92 Å². The summed E-state index contributed by atoms with van der Waals surface area (Å²) in [5.74, 6) is 0.619. The van der Waals surface area contributed by atoms with Gasteiger partial charge in [-0.1, -0.05) is 18.3 Å². The van der Waals surface area contributed by atoms with Gasteiger partial charge in [-0.3, -0.25) is 10.1 Å². The highest BCUT2D eigenvalue weighted by molar-refractivity contribution is 7.15. The van der Waals surface area contributed by atoms with Gasteiger partial charge < -0.3 is 10.2 Å². The Morgan fingerprint density at radius 2 is 2.21 bits per heavy atom. The lowest BCUT2D eigenvalue weighted by Crippen LogP contribution is -2.31. The Morgan fingerprint density at radius 1 is 1.47 bits per heavy atom. The normalized spacial score (nSPS) is 17.7. The first-order valence-electron chi connectivity index (χ1n) is 6.81. The topological polar surface area (TPSA) is 58.4 Å². The number of nitrogens with zero attached hydrogens (tertiary/aromatic N) is 2. The zero-order chi connectivity index (χ0) is 13.7. The second-order valence-corrected chi connectivity index (χ2v) is 6.39. The summed E-state index contributed by atoms with van der Waals surface area (Å²) in [7, 11) is 0. The van der Waals surface area contributed by atoms with E-state index in [1.165, 1.54) is 37.3 Å². The Morgan fingerprint density at radius 3 is 2.84 bits per heavy atom. The predicted octanol–water partition coefficient (Wildman–Crippen LogP) is 2.48. The molecular weight excluding hydrogens is 262 g/mol. The Balaban J connectivity index is 1.65. The molecule has 1 aromatic rings. The lowest BCUT2D eigenvalue weighted by atomic mass is 10.1. The molecular formula is C13H21N3O2S. The van der Waals surface area contributed by atoms with Gasteiger partial charge in [0.15, 0.2) is 0 Å². The Hall–Kier alpha value is -0.980. The highest BCUT2D eigenvalue weighted by Gasteiger charge is 2.14. The minimum atomic E-state index is -0.329. The summed E-state index contributed by atoms with van der Waals surface area (Å²) in [6.07, 6.45) is 2.66. The molecule has 0 radical (unpaired) electrons. The largest absolute Gasteiger partial charge is 0.324 e. The predicted molar refractivity (Wildman–Crippen MR) is 77.5 cm³/mol. The van der Waals surface area contributed by atoms with Gasteiger partial charge in [0, 0.05) is 24.0 Å². The molecule has 19 heavy (non-hydrogen) atoms. The summed E-state index contributed by atoms with van der Waals surface area (Å²) in [6.45, 7) is 7.56. The molecule has 1 aliphatic heterocycles. The van der Waals surface area contributed by atoms with E-state index in [0.717, 1.165) is 24.5 Å². The van der Waals surface area contributed by atoms with E-state index in [4.69, 9.17) is 0 Å². The number of likely N-dealkylation sites (tertiary alicyclic amines) is 1. The van der Waals surface area contributed by atoms with Crippen molar-refractivity contribution in [1.29, 1.82) is 0 Å². The van der Waals surface area contributed by atoms with E-state index in [9.17, 15) is 10.1 Å². The van der Waals surface area contributed by atoms with Crippen molar-refractivity contribution in [3.8, 4) is 0 Å². The van der Waals surface area contributed by atoms with Crippen LogP contribution in [0.25, 0.3) is 0 Å². The lowest BCUT2D eigenvalue weighted by molar-refractivity contribution is -0.380.